The molecule has 6 nitrogen and oxygen atoms in total. The molecule has 66 valence electrons. The van der Waals surface area contributed by atoms with E-state index in [1.807, 2.05) is 0 Å². The molecule has 1 unspecified atom stereocenters. The first-order chi connectivity index (χ1) is 5.13. The van der Waals surface area contributed by atoms with Crippen molar-refractivity contribution in [3.63, 3.8) is 0 Å². The molecule has 0 radical (unpaired) electrons. The molecule has 6 heteroatoms. The third-order valence-corrected chi connectivity index (χ3v) is 1.16. The Kier molecular flexibility index (Phi) is 5.40. The van der Waals surface area contributed by atoms with Crippen LogP contribution in [0.2, 0.25) is 0 Å². The highest BCUT2D eigenvalue weighted by molar-refractivity contribution is 4.50. The lowest BCUT2D eigenvalue weighted by Crippen LogP contribution is -2.17. The maximum absolute atomic E-state index is 8.69. The number of aliphatic hydroxyl groups is 1. The SMILES string of the molecule is O=[N+]([O-])[O-].OC1CCCCO1. The Morgan fingerprint density at radius 3 is 2.18 bits per heavy atom. The molecule has 0 aromatic rings. The first-order valence-electron chi connectivity index (χ1n) is 3.24. The van der Waals surface area contributed by atoms with Gasteiger partial charge in [-0.2, -0.15) is 0 Å². The molecule has 0 aromatic heterocycles. The second-order valence-electron chi connectivity index (χ2n) is 2.04. The fourth-order valence-electron chi connectivity index (χ4n) is 0.724. The fraction of sp³-hybridized carbons (Fsp3) is 1.00. The first-order valence-corrected chi connectivity index (χ1v) is 3.24. The van der Waals surface area contributed by atoms with Crippen molar-refractivity contribution in [2.45, 2.75) is 25.6 Å². The van der Waals surface area contributed by atoms with Crippen molar-refractivity contribution in [3.05, 3.63) is 15.3 Å². The minimum Gasteiger partial charge on any atom is -0.368 e. The van der Waals surface area contributed by atoms with Crippen molar-refractivity contribution < 1.29 is 14.9 Å². The average molecular weight is 164 g/mol. The zero-order valence-corrected chi connectivity index (χ0v) is 5.93. The van der Waals surface area contributed by atoms with Gasteiger partial charge < -0.3 is 25.2 Å². The maximum atomic E-state index is 8.69. The largest absolute Gasteiger partial charge is 0.368 e. The third kappa shape index (κ3) is 9.12. The molecule has 1 heterocycles. The molecule has 1 saturated heterocycles. The Hall–Kier alpha value is -0.880. The monoisotopic (exact) mass is 164 g/mol. The van der Waals surface area contributed by atoms with Gasteiger partial charge in [-0.15, -0.1) is 0 Å². The van der Waals surface area contributed by atoms with E-state index in [-0.39, 0.29) is 0 Å². The molecule has 0 aromatic carbocycles. The minimum absolute atomic E-state index is 0.464. The number of hydrogen-bond donors (Lipinski definition) is 1. The maximum Gasteiger partial charge on any atom is 0.154 e. The number of nitrogens with zero attached hydrogens (tertiary/aromatic N) is 1. The molecular weight excluding hydrogens is 154 g/mol. The van der Waals surface area contributed by atoms with E-state index in [0.717, 1.165) is 25.9 Å². The summed E-state index contributed by atoms with van der Waals surface area (Å²) in [7, 11) is 0. The van der Waals surface area contributed by atoms with Crippen LogP contribution in [-0.2, 0) is 4.74 Å². The van der Waals surface area contributed by atoms with Gasteiger partial charge >= 0.3 is 0 Å². The Labute approximate surface area is 63.5 Å². The lowest BCUT2D eigenvalue weighted by Gasteiger charge is -2.16. The molecule has 11 heavy (non-hydrogen) atoms. The van der Waals surface area contributed by atoms with E-state index in [2.05, 4.69) is 0 Å². The molecule has 1 fully saturated rings. The summed E-state index contributed by atoms with van der Waals surface area (Å²) in [6.45, 7) is 0.737. The van der Waals surface area contributed by atoms with Gasteiger partial charge in [0.05, 0.1) is 5.09 Å². The van der Waals surface area contributed by atoms with Gasteiger partial charge in [-0.3, -0.25) is 0 Å². The van der Waals surface area contributed by atoms with E-state index < -0.39 is 11.4 Å². The Morgan fingerprint density at radius 2 is 2.00 bits per heavy atom. The quantitative estimate of drug-likeness (QED) is 0.409. The van der Waals surface area contributed by atoms with Crippen LogP contribution >= 0.6 is 0 Å². The topological polar surface area (TPSA) is 95.7 Å². The number of aliphatic hydroxyl groups excluding tert-OH is 1. The fourth-order valence-corrected chi connectivity index (χ4v) is 0.724. The molecular formula is C5H10NO5-. The smallest absolute Gasteiger partial charge is 0.154 e. The van der Waals surface area contributed by atoms with Crippen molar-refractivity contribution in [3.8, 4) is 0 Å². The Morgan fingerprint density at radius 1 is 1.45 bits per heavy atom. The highest BCUT2D eigenvalue weighted by atomic mass is 16.9. The van der Waals surface area contributed by atoms with Crippen molar-refractivity contribution >= 4 is 0 Å². The van der Waals surface area contributed by atoms with E-state index in [4.69, 9.17) is 25.2 Å². The van der Waals surface area contributed by atoms with Crippen LogP contribution in [0.1, 0.15) is 19.3 Å². The summed E-state index contributed by atoms with van der Waals surface area (Å²) in [4.78, 5) is 8.25. The van der Waals surface area contributed by atoms with Crippen LogP contribution in [0.15, 0.2) is 0 Å². The van der Waals surface area contributed by atoms with Crippen LogP contribution in [-0.4, -0.2) is 23.1 Å². The summed E-state index contributed by atoms with van der Waals surface area (Å²) < 4.78 is 4.83. The van der Waals surface area contributed by atoms with Gasteiger partial charge in [-0.1, -0.05) is 0 Å². The van der Waals surface area contributed by atoms with E-state index in [9.17, 15) is 0 Å². The van der Waals surface area contributed by atoms with Gasteiger partial charge in [-0.05, 0) is 19.3 Å². The summed E-state index contributed by atoms with van der Waals surface area (Å²) in [6.07, 6.45) is 2.58. The summed E-state index contributed by atoms with van der Waals surface area (Å²) >= 11 is 0. The normalized spacial score (nSPS) is 23.2. The van der Waals surface area contributed by atoms with Crippen LogP contribution in [0.3, 0.4) is 0 Å². The standard InChI is InChI=1S/C5H10O2.NO3/c6-5-3-1-2-4-7-5;2-1(3)4/h5-6H,1-4H2;/q;-1. The first kappa shape index (κ1) is 10.1. The Balaban J connectivity index is 0.000000218. The molecule has 0 bridgehead atoms. The number of ether oxygens (including phenoxy) is 1. The molecule has 1 N–H and O–H groups in total. The van der Waals surface area contributed by atoms with Crippen molar-refractivity contribution in [2.75, 3.05) is 6.61 Å². The van der Waals surface area contributed by atoms with Gasteiger partial charge in [0.2, 0.25) is 0 Å². The van der Waals surface area contributed by atoms with Gasteiger partial charge in [0.25, 0.3) is 0 Å². The Bertz CT molecular complexity index is 107. The van der Waals surface area contributed by atoms with Crippen LogP contribution < -0.4 is 0 Å². The van der Waals surface area contributed by atoms with Crippen LogP contribution in [0.4, 0.5) is 0 Å². The zero-order valence-electron chi connectivity index (χ0n) is 5.93. The lowest BCUT2D eigenvalue weighted by atomic mass is 10.2. The predicted octanol–water partition coefficient (Wildman–Crippen LogP) is 0.266. The second kappa shape index (κ2) is 5.87. The molecule has 1 rings (SSSR count). The molecule has 0 aliphatic carbocycles. The average Bonchev–Trinajstić information content (AvgIpc) is 1.87. The van der Waals surface area contributed by atoms with Crippen LogP contribution in [0.25, 0.3) is 0 Å². The lowest BCUT2D eigenvalue weighted by molar-refractivity contribution is -0.402. The summed E-state index contributed by atoms with van der Waals surface area (Å²) in [6, 6.07) is 0. The van der Waals surface area contributed by atoms with Crippen molar-refractivity contribution in [2.24, 2.45) is 0 Å². The highest BCUT2D eigenvalue weighted by Crippen LogP contribution is 2.08. The highest BCUT2D eigenvalue weighted by Gasteiger charge is 2.07. The summed E-state index contributed by atoms with van der Waals surface area (Å²) in [5.41, 5.74) is 0. The molecule has 0 amide bonds. The molecule has 1 aliphatic heterocycles. The molecule has 1 atom stereocenters. The van der Waals surface area contributed by atoms with Crippen LogP contribution in [0.5, 0.6) is 0 Å². The predicted molar refractivity (Wildman–Crippen MR) is 36.2 cm³/mol. The zero-order chi connectivity index (χ0) is 8.69. The van der Waals surface area contributed by atoms with E-state index in [0.29, 0.717) is 0 Å². The summed E-state index contributed by atoms with van der Waals surface area (Å²) in [5, 5.41) is 23.4. The molecule has 1 aliphatic rings. The second-order valence-corrected chi connectivity index (χ2v) is 2.04. The molecule has 0 spiro atoms. The number of hydrogen-bond acceptors (Lipinski definition) is 5. The van der Waals surface area contributed by atoms with Gasteiger partial charge in [0.1, 0.15) is 0 Å². The van der Waals surface area contributed by atoms with E-state index in [1.165, 1.54) is 0 Å². The van der Waals surface area contributed by atoms with Crippen LogP contribution in [0, 0.1) is 15.3 Å². The van der Waals surface area contributed by atoms with Crippen molar-refractivity contribution in [1.29, 1.82) is 0 Å². The van der Waals surface area contributed by atoms with Gasteiger partial charge in [0.15, 0.2) is 6.29 Å². The minimum atomic E-state index is -1.75. The third-order valence-electron chi connectivity index (χ3n) is 1.16. The van der Waals surface area contributed by atoms with Crippen molar-refractivity contribution in [1.82, 2.24) is 0 Å². The number of rotatable bonds is 0. The summed E-state index contributed by atoms with van der Waals surface area (Å²) in [5.74, 6) is 0. The van der Waals surface area contributed by atoms with E-state index >= 15 is 0 Å². The van der Waals surface area contributed by atoms with Gasteiger partial charge in [0, 0.05) is 6.61 Å². The van der Waals surface area contributed by atoms with Gasteiger partial charge in [-0.25, -0.2) is 0 Å². The molecule has 0 saturated carbocycles. The van der Waals surface area contributed by atoms with E-state index in [1.54, 1.807) is 0 Å².